The summed E-state index contributed by atoms with van der Waals surface area (Å²) >= 11 is 0. The second kappa shape index (κ2) is 5.93. The van der Waals surface area contributed by atoms with Crippen molar-refractivity contribution in [3.05, 3.63) is 47.8 Å². The molecule has 0 radical (unpaired) electrons. The lowest BCUT2D eigenvalue weighted by atomic mass is 10.2. The molecule has 0 unspecified atom stereocenters. The number of rotatable bonds is 4. The molecule has 1 aromatic heterocycles. The summed E-state index contributed by atoms with van der Waals surface area (Å²) in [6, 6.07) is 5.69. The molecule has 6 nitrogen and oxygen atoms in total. The minimum Gasteiger partial charge on any atom is -0.454 e. The number of benzene rings is 1. The van der Waals surface area contributed by atoms with Crippen molar-refractivity contribution < 1.29 is 14.3 Å². The van der Waals surface area contributed by atoms with Crippen molar-refractivity contribution in [1.82, 2.24) is 14.7 Å². The van der Waals surface area contributed by atoms with Crippen molar-refractivity contribution in [3.8, 4) is 11.5 Å². The van der Waals surface area contributed by atoms with Crippen LogP contribution in [-0.2, 0) is 18.4 Å². The predicted octanol–water partition coefficient (Wildman–Crippen LogP) is 1.82. The Morgan fingerprint density at radius 3 is 3.00 bits per heavy atom. The van der Waals surface area contributed by atoms with Gasteiger partial charge in [-0.2, -0.15) is 5.10 Å². The molecule has 1 aliphatic rings. The first-order valence-electron chi connectivity index (χ1n) is 6.92. The van der Waals surface area contributed by atoms with Gasteiger partial charge in [0, 0.05) is 38.5 Å². The van der Waals surface area contributed by atoms with Crippen molar-refractivity contribution in [3.63, 3.8) is 0 Å². The van der Waals surface area contributed by atoms with Crippen LogP contribution in [0, 0.1) is 0 Å². The number of ether oxygens (including phenoxy) is 2. The molecule has 3 rings (SSSR count). The van der Waals surface area contributed by atoms with Gasteiger partial charge in [0.25, 0.3) is 0 Å². The van der Waals surface area contributed by atoms with E-state index in [0.29, 0.717) is 6.54 Å². The molecular weight excluding hydrogens is 282 g/mol. The Labute approximate surface area is 128 Å². The van der Waals surface area contributed by atoms with E-state index in [2.05, 4.69) is 5.10 Å². The molecule has 2 heterocycles. The van der Waals surface area contributed by atoms with E-state index in [1.54, 1.807) is 35.0 Å². The minimum absolute atomic E-state index is 0.0680. The molecule has 6 heteroatoms. The molecule has 1 amide bonds. The summed E-state index contributed by atoms with van der Waals surface area (Å²) in [7, 11) is 3.60. The van der Waals surface area contributed by atoms with Crippen molar-refractivity contribution in [1.29, 1.82) is 0 Å². The molecule has 0 aliphatic carbocycles. The zero-order valence-corrected chi connectivity index (χ0v) is 12.5. The van der Waals surface area contributed by atoms with Crippen LogP contribution >= 0.6 is 0 Å². The molecule has 1 aromatic carbocycles. The largest absolute Gasteiger partial charge is 0.454 e. The smallest absolute Gasteiger partial charge is 0.246 e. The van der Waals surface area contributed by atoms with Crippen molar-refractivity contribution in [2.75, 3.05) is 13.8 Å². The Kier molecular flexibility index (Phi) is 3.82. The highest BCUT2D eigenvalue weighted by atomic mass is 16.7. The number of likely N-dealkylation sites (N-methyl/N-ethyl adjacent to an activating group) is 1. The minimum atomic E-state index is -0.0680. The number of hydrogen-bond donors (Lipinski definition) is 0. The first-order valence-corrected chi connectivity index (χ1v) is 6.92. The summed E-state index contributed by atoms with van der Waals surface area (Å²) < 4.78 is 12.3. The molecule has 1 aliphatic heterocycles. The van der Waals surface area contributed by atoms with Gasteiger partial charge in [-0.15, -0.1) is 0 Å². The zero-order chi connectivity index (χ0) is 15.5. The highest BCUT2D eigenvalue weighted by Gasteiger charge is 2.14. The molecular formula is C16H17N3O3. The highest BCUT2D eigenvalue weighted by Crippen LogP contribution is 2.32. The van der Waals surface area contributed by atoms with Gasteiger partial charge in [0.05, 0.1) is 6.20 Å². The summed E-state index contributed by atoms with van der Waals surface area (Å²) in [5, 5.41) is 4.06. The quantitative estimate of drug-likeness (QED) is 0.808. The monoisotopic (exact) mass is 299 g/mol. The topological polar surface area (TPSA) is 56.6 Å². The van der Waals surface area contributed by atoms with Crippen molar-refractivity contribution >= 4 is 12.0 Å². The molecule has 0 saturated carbocycles. The number of hydrogen-bond acceptors (Lipinski definition) is 4. The lowest BCUT2D eigenvalue weighted by Gasteiger charge is -2.15. The van der Waals surface area contributed by atoms with E-state index in [9.17, 15) is 4.79 Å². The van der Waals surface area contributed by atoms with Gasteiger partial charge in [-0.25, -0.2) is 0 Å². The fourth-order valence-corrected chi connectivity index (χ4v) is 2.21. The number of carbonyl (C=O) groups excluding carboxylic acids is 1. The van der Waals surface area contributed by atoms with Crippen LogP contribution < -0.4 is 9.47 Å². The van der Waals surface area contributed by atoms with E-state index in [4.69, 9.17) is 9.47 Å². The first-order chi connectivity index (χ1) is 10.6. The van der Waals surface area contributed by atoms with Gasteiger partial charge in [0.1, 0.15) is 0 Å². The predicted molar refractivity (Wildman–Crippen MR) is 81.3 cm³/mol. The molecule has 0 bridgehead atoms. The van der Waals surface area contributed by atoms with E-state index in [1.807, 2.05) is 31.4 Å². The summed E-state index contributed by atoms with van der Waals surface area (Å²) in [6.07, 6.45) is 6.86. The number of aryl methyl sites for hydroxylation is 1. The lowest BCUT2D eigenvalue weighted by Crippen LogP contribution is -2.24. The molecule has 0 saturated heterocycles. The van der Waals surface area contributed by atoms with Crippen LogP contribution in [0.5, 0.6) is 11.5 Å². The fourth-order valence-electron chi connectivity index (χ4n) is 2.21. The number of aromatic nitrogens is 2. The van der Waals surface area contributed by atoms with Gasteiger partial charge in [0.15, 0.2) is 11.5 Å². The van der Waals surface area contributed by atoms with Crippen LogP contribution in [0.4, 0.5) is 0 Å². The Hall–Kier alpha value is -2.76. The summed E-state index contributed by atoms with van der Waals surface area (Å²) in [5.41, 5.74) is 1.89. The summed E-state index contributed by atoms with van der Waals surface area (Å²) in [4.78, 5) is 13.8. The van der Waals surface area contributed by atoms with Crippen LogP contribution in [0.2, 0.25) is 0 Å². The van der Waals surface area contributed by atoms with Gasteiger partial charge in [-0.05, 0) is 23.8 Å². The normalized spacial score (nSPS) is 12.8. The van der Waals surface area contributed by atoms with Crippen molar-refractivity contribution in [2.24, 2.45) is 7.05 Å². The standard InChI is InChI=1S/C16H17N3O3/c1-18(16(20)6-4-13-8-17-19(2)10-13)9-12-3-5-14-15(7-12)22-11-21-14/h3-8,10H,9,11H2,1-2H3/b6-4+. The molecule has 2 aromatic rings. The van der Waals surface area contributed by atoms with Gasteiger partial charge in [-0.1, -0.05) is 6.07 Å². The second-order valence-electron chi connectivity index (χ2n) is 5.16. The molecule has 0 fully saturated rings. The molecule has 22 heavy (non-hydrogen) atoms. The second-order valence-corrected chi connectivity index (χ2v) is 5.16. The Morgan fingerprint density at radius 1 is 1.41 bits per heavy atom. The third-order valence-electron chi connectivity index (χ3n) is 3.38. The number of carbonyl (C=O) groups is 1. The third-order valence-corrected chi connectivity index (χ3v) is 3.38. The van der Waals surface area contributed by atoms with E-state index in [-0.39, 0.29) is 12.7 Å². The zero-order valence-electron chi connectivity index (χ0n) is 12.5. The van der Waals surface area contributed by atoms with Crippen molar-refractivity contribution in [2.45, 2.75) is 6.54 Å². The first kappa shape index (κ1) is 14.2. The Bertz CT molecular complexity index is 721. The average molecular weight is 299 g/mol. The highest BCUT2D eigenvalue weighted by molar-refractivity contribution is 5.91. The third kappa shape index (κ3) is 3.11. The van der Waals surface area contributed by atoms with E-state index >= 15 is 0 Å². The van der Waals surface area contributed by atoms with Crippen LogP contribution in [0.1, 0.15) is 11.1 Å². The molecule has 0 spiro atoms. The van der Waals surface area contributed by atoms with Gasteiger partial charge < -0.3 is 14.4 Å². The van der Waals surface area contributed by atoms with Crippen LogP contribution in [-0.4, -0.2) is 34.4 Å². The maximum absolute atomic E-state index is 12.1. The van der Waals surface area contributed by atoms with Crippen LogP contribution in [0.3, 0.4) is 0 Å². The Morgan fingerprint density at radius 2 is 2.23 bits per heavy atom. The SMILES string of the molecule is CN(Cc1ccc2c(c1)OCO2)C(=O)/C=C/c1cnn(C)c1. The summed E-state index contributed by atoms with van der Waals surface area (Å²) in [6.45, 7) is 0.758. The number of fused-ring (bicyclic) bond motifs is 1. The average Bonchev–Trinajstić information content (AvgIpc) is 3.12. The molecule has 0 N–H and O–H groups in total. The fraction of sp³-hybridized carbons (Fsp3) is 0.250. The van der Waals surface area contributed by atoms with E-state index in [1.165, 1.54) is 0 Å². The maximum atomic E-state index is 12.1. The van der Waals surface area contributed by atoms with E-state index in [0.717, 1.165) is 22.6 Å². The van der Waals surface area contributed by atoms with Gasteiger partial charge in [0.2, 0.25) is 12.7 Å². The van der Waals surface area contributed by atoms with Gasteiger partial charge in [-0.3, -0.25) is 9.48 Å². The molecule has 0 atom stereocenters. The van der Waals surface area contributed by atoms with Gasteiger partial charge >= 0.3 is 0 Å². The number of amides is 1. The lowest BCUT2D eigenvalue weighted by molar-refractivity contribution is -0.125. The number of nitrogens with zero attached hydrogens (tertiary/aromatic N) is 3. The summed E-state index contributed by atoms with van der Waals surface area (Å²) in [5.74, 6) is 1.40. The van der Waals surface area contributed by atoms with Crippen LogP contribution in [0.25, 0.3) is 6.08 Å². The Balaban J connectivity index is 1.62. The van der Waals surface area contributed by atoms with E-state index < -0.39 is 0 Å². The maximum Gasteiger partial charge on any atom is 0.246 e. The molecule has 114 valence electrons. The van der Waals surface area contributed by atoms with Crippen LogP contribution in [0.15, 0.2) is 36.7 Å².